The Bertz CT molecular complexity index is 746. The van der Waals surface area contributed by atoms with Crippen LogP contribution in [0.1, 0.15) is 24.3 Å². The molecule has 0 unspecified atom stereocenters. The molecule has 2 aromatic rings. The molecule has 2 atom stereocenters. The van der Waals surface area contributed by atoms with Crippen LogP contribution in [0.2, 0.25) is 0 Å². The molecule has 2 aromatic carbocycles. The fraction of sp³-hybridized carbons (Fsp3) is 0.400. The molecule has 0 bridgehead atoms. The number of nitrogens with one attached hydrogen (secondary N) is 2. The SMILES string of the molecule is c1ccc(Nc2cc3c4c(c2)[C@@H]2CNCC[C@@H]2N4CCCS3)cc1. The topological polar surface area (TPSA) is 27.3 Å². The number of benzene rings is 2. The molecule has 24 heavy (non-hydrogen) atoms. The first kappa shape index (κ1) is 14.7. The lowest BCUT2D eigenvalue weighted by molar-refractivity contribution is 0.403. The first-order chi connectivity index (χ1) is 11.9. The van der Waals surface area contributed by atoms with Crippen molar-refractivity contribution >= 4 is 28.8 Å². The van der Waals surface area contributed by atoms with Gasteiger partial charge in [0.1, 0.15) is 0 Å². The van der Waals surface area contributed by atoms with E-state index in [4.69, 9.17) is 0 Å². The molecule has 0 radical (unpaired) electrons. The smallest absolute Gasteiger partial charge is 0.0545 e. The zero-order valence-corrected chi connectivity index (χ0v) is 14.6. The summed E-state index contributed by atoms with van der Waals surface area (Å²) >= 11 is 2.04. The summed E-state index contributed by atoms with van der Waals surface area (Å²) in [6, 6.07) is 16.0. The minimum atomic E-state index is 0.642. The monoisotopic (exact) mass is 337 g/mol. The van der Waals surface area contributed by atoms with Crippen LogP contribution in [-0.4, -0.2) is 31.4 Å². The summed E-state index contributed by atoms with van der Waals surface area (Å²) in [6.07, 6.45) is 2.56. The van der Waals surface area contributed by atoms with Gasteiger partial charge in [0.15, 0.2) is 0 Å². The standard InChI is InChI=1S/C20H23N3S/c1-2-5-14(6-3-1)22-15-11-16-17-13-21-8-7-18(17)23-9-4-10-24-19(12-15)20(16)23/h1-3,5-6,11-12,17-18,21-22H,4,7-10,13H2/t17-,18-/m0/s1. The van der Waals surface area contributed by atoms with E-state index >= 15 is 0 Å². The third-order valence-electron chi connectivity index (χ3n) is 5.50. The van der Waals surface area contributed by atoms with E-state index in [9.17, 15) is 0 Å². The van der Waals surface area contributed by atoms with Gasteiger partial charge in [0.05, 0.1) is 5.69 Å². The van der Waals surface area contributed by atoms with Gasteiger partial charge in [-0.3, -0.25) is 0 Å². The number of anilines is 3. The molecule has 1 fully saturated rings. The molecule has 2 N–H and O–H groups in total. The Labute approximate surface area is 147 Å². The Hall–Kier alpha value is -1.65. The van der Waals surface area contributed by atoms with Crippen molar-refractivity contribution in [3.63, 3.8) is 0 Å². The predicted octanol–water partition coefficient (Wildman–Crippen LogP) is 4.19. The van der Waals surface area contributed by atoms with Crippen molar-refractivity contribution in [2.24, 2.45) is 0 Å². The second-order valence-electron chi connectivity index (χ2n) is 6.97. The molecule has 124 valence electrons. The predicted molar refractivity (Wildman–Crippen MR) is 103 cm³/mol. The third kappa shape index (κ3) is 2.40. The highest BCUT2D eigenvalue weighted by Gasteiger charge is 2.41. The normalized spacial score (nSPS) is 24.9. The maximum absolute atomic E-state index is 3.61. The summed E-state index contributed by atoms with van der Waals surface area (Å²) in [4.78, 5) is 4.19. The average Bonchev–Trinajstić information content (AvgIpc) is 2.78. The van der Waals surface area contributed by atoms with Crippen LogP contribution in [0.15, 0.2) is 47.4 Å². The third-order valence-corrected chi connectivity index (χ3v) is 6.62. The molecule has 1 saturated heterocycles. The Morgan fingerprint density at radius 3 is 2.96 bits per heavy atom. The molecular weight excluding hydrogens is 314 g/mol. The van der Waals surface area contributed by atoms with Gasteiger partial charge >= 0.3 is 0 Å². The maximum Gasteiger partial charge on any atom is 0.0545 e. The van der Waals surface area contributed by atoms with Gasteiger partial charge in [0, 0.05) is 41.3 Å². The van der Waals surface area contributed by atoms with Crippen molar-refractivity contribution in [3.8, 4) is 0 Å². The minimum absolute atomic E-state index is 0.642. The summed E-state index contributed by atoms with van der Waals surface area (Å²) in [5, 5.41) is 7.22. The van der Waals surface area contributed by atoms with Gasteiger partial charge in [-0.2, -0.15) is 0 Å². The molecule has 0 aromatic heterocycles. The van der Waals surface area contributed by atoms with Crippen LogP contribution in [0.5, 0.6) is 0 Å². The van der Waals surface area contributed by atoms with Crippen LogP contribution in [-0.2, 0) is 0 Å². The maximum atomic E-state index is 3.61. The molecule has 3 heterocycles. The Morgan fingerprint density at radius 1 is 1.12 bits per heavy atom. The van der Waals surface area contributed by atoms with Gasteiger partial charge in [-0.15, -0.1) is 11.8 Å². The van der Waals surface area contributed by atoms with Crippen molar-refractivity contribution in [2.75, 3.05) is 35.6 Å². The van der Waals surface area contributed by atoms with Crippen molar-refractivity contribution in [1.82, 2.24) is 5.32 Å². The zero-order chi connectivity index (χ0) is 15.9. The second-order valence-corrected chi connectivity index (χ2v) is 8.10. The van der Waals surface area contributed by atoms with E-state index in [0.717, 1.165) is 18.8 Å². The summed E-state index contributed by atoms with van der Waals surface area (Å²) in [5.74, 6) is 1.87. The minimum Gasteiger partial charge on any atom is -0.367 e. The summed E-state index contributed by atoms with van der Waals surface area (Å²) in [6.45, 7) is 3.50. The lowest BCUT2D eigenvalue weighted by atomic mass is 9.90. The second kappa shape index (κ2) is 6.01. The van der Waals surface area contributed by atoms with Gasteiger partial charge in [-0.05, 0) is 55.0 Å². The lowest BCUT2D eigenvalue weighted by Crippen LogP contribution is -2.44. The van der Waals surface area contributed by atoms with Crippen LogP contribution < -0.4 is 15.5 Å². The van der Waals surface area contributed by atoms with Crippen LogP contribution in [0.25, 0.3) is 0 Å². The van der Waals surface area contributed by atoms with E-state index in [1.807, 2.05) is 11.8 Å². The van der Waals surface area contributed by atoms with E-state index in [2.05, 4.69) is 58.0 Å². The first-order valence-corrected chi connectivity index (χ1v) is 9.99. The van der Waals surface area contributed by atoms with Crippen molar-refractivity contribution in [2.45, 2.75) is 29.7 Å². The first-order valence-electron chi connectivity index (χ1n) is 9.00. The molecule has 3 aliphatic rings. The zero-order valence-electron chi connectivity index (χ0n) is 13.8. The van der Waals surface area contributed by atoms with E-state index in [1.54, 1.807) is 5.56 Å². The van der Waals surface area contributed by atoms with Gasteiger partial charge in [0.25, 0.3) is 0 Å². The lowest BCUT2D eigenvalue weighted by Gasteiger charge is -2.33. The highest BCUT2D eigenvalue weighted by Crippen LogP contribution is 2.50. The molecule has 0 amide bonds. The van der Waals surface area contributed by atoms with E-state index in [0.29, 0.717) is 12.0 Å². The molecule has 5 rings (SSSR count). The Kier molecular flexibility index (Phi) is 3.68. The number of thioether (sulfide) groups is 1. The van der Waals surface area contributed by atoms with Crippen molar-refractivity contribution in [1.29, 1.82) is 0 Å². The Morgan fingerprint density at radius 2 is 2.04 bits per heavy atom. The Balaban J connectivity index is 1.58. The molecule has 0 saturated carbocycles. The molecule has 4 heteroatoms. The van der Waals surface area contributed by atoms with Gasteiger partial charge in [-0.1, -0.05) is 18.2 Å². The summed E-state index contributed by atoms with van der Waals surface area (Å²) in [5.41, 5.74) is 5.49. The number of fused-ring (bicyclic) bond motifs is 3. The molecule has 3 nitrogen and oxygen atoms in total. The number of piperidine rings is 1. The fourth-order valence-corrected chi connectivity index (χ4v) is 5.56. The van der Waals surface area contributed by atoms with Gasteiger partial charge in [-0.25, -0.2) is 0 Å². The number of hydrogen-bond donors (Lipinski definition) is 2. The van der Waals surface area contributed by atoms with E-state index < -0.39 is 0 Å². The van der Waals surface area contributed by atoms with Crippen molar-refractivity contribution in [3.05, 3.63) is 48.0 Å². The highest BCUT2D eigenvalue weighted by atomic mass is 32.2. The number of rotatable bonds is 2. The molecule has 3 aliphatic heterocycles. The van der Waals surface area contributed by atoms with Gasteiger partial charge in [0.2, 0.25) is 0 Å². The summed E-state index contributed by atoms with van der Waals surface area (Å²) in [7, 11) is 0. The highest BCUT2D eigenvalue weighted by molar-refractivity contribution is 7.99. The van der Waals surface area contributed by atoms with Crippen LogP contribution in [0, 0.1) is 0 Å². The van der Waals surface area contributed by atoms with Crippen LogP contribution >= 0.6 is 11.8 Å². The fourth-order valence-electron chi connectivity index (χ4n) is 4.49. The van der Waals surface area contributed by atoms with E-state index in [1.165, 1.54) is 41.4 Å². The molecule has 0 aliphatic carbocycles. The molecule has 0 spiro atoms. The molecular formula is C20H23N3S. The number of para-hydroxylation sites is 1. The number of nitrogens with zero attached hydrogens (tertiary/aromatic N) is 1. The summed E-state index contributed by atoms with van der Waals surface area (Å²) < 4.78 is 0. The number of hydrogen-bond acceptors (Lipinski definition) is 4. The van der Waals surface area contributed by atoms with Gasteiger partial charge < -0.3 is 15.5 Å². The van der Waals surface area contributed by atoms with E-state index in [-0.39, 0.29) is 0 Å². The van der Waals surface area contributed by atoms with Crippen LogP contribution in [0.4, 0.5) is 17.1 Å². The average molecular weight is 337 g/mol. The van der Waals surface area contributed by atoms with Crippen molar-refractivity contribution < 1.29 is 0 Å². The van der Waals surface area contributed by atoms with Crippen LogP contribution in [0.3, 0.4) is 0 Å². The largest absolute Gasteiger partial charge is 0.367 e. The quantitative estimate of drug-likeness (QED) is 0.859.